The molecule has 1 heterocycles. The number of hydrogen-bond acceptors (Lipinski definition) is 13. The number of esters is 1. The summed E-state index contributed by atoms with van der Waals surface area (Å²) in [5, 5.41) is 78.0. The SMILES string of the molecule is CC(O)C=CC(CCO)OC(O)C=CC(CCO)OC1OC(CO)C(OC(=O)CC(C)CCO)C(O)C1O. The minimum atomic E-state index is -1.68. The summed E-state index contributed by atoms with van der Waals surface area (Å²) in [6, 6.07) is 0. The largest absolute Gasteiger partial charge is 0.457 e. The normalized spacial score (nSPS) is 28.3. The van der Waals surface area contributed by atoms with Gasteiger partial charge >= 0.3 is 5.97 Å². The lowest BCUT2D eigenvalue weighted by atomic mass is 9.98. The number of aliphatic hydroxyl groups is 8. The number of carbonyl (C=O) groups is 1. The van der Waals surface area contributed by atoms with Crippen LogP contribution in [0.1, 0.15) is 39.5 Å². The number of ether oxygens (including phenoxy) is 4. The number of rotatable bonds is 18. The topological polar surface area (TPSA) is 216 Å². The van der Waals surface area contributed by atoms with Crippen LogP contribution in [-0.4, -0.2) is 129 Å². The molecule has 13 nitrogen and oxygen atoms in total. The highest BCUT2D eigenvalue weighted by Gasteiger charge is 2.47. The molecule has 222 valence electrons. The Kier molecular flexibility index (Phi) is 17.0. The van der Waals surface area contributed by atoms with E-state index in [9.17, 15) is 35.4 Å². The smallest absolute Gasteiger partial charge is 0.306 e. The highest BCUT2D eigenvalue weighted by Crippen LogP contribution is 2.27. The minimum absolute atomic E-state index is 0.0127. The lowest BCUT2D eigenvalue weighted by Crippen LogP contribution is -2.61. The highest BCUT2D eigenvalue weighted by atomic mass is 16.7. The van der Waals surface area contributed by atoms with Crippen LogP contribution in [-0.2, 0) is 23.7 Å². The first-order valence-electron chi connectivity index (χ1n) is 12.7. The van der Waals surface area contributed by atoms with E-state index >= 15 is 0 Å². The van der Waals surface area contributed by atoms with Crippen molar-refractivity contribution in [2.75, 3.05) is 26.4 Å². The van der Waals surface area contributed by atoms with E-state index in [1.807, 2.05) is 0 Å². The van der Waals surface area contributed by atoms with Crippen molar-refractivity contribution in [3.63, 3.8) is 0 Å². The Morgan fingerprint density at radius 3 is 2.05 bits per heavy atom. The molecule has 0 saturated carbocycles. The van der Waals surface area contributed by atoms with Gasteiger partial charge in [-0.25, -0.2) is 0 Å². The van der Waals surface area contributed by atoms with Gasteiger partial charge in [0.15, 0.2) is 18.7 Å². The molecule has 10 atom stereocenters. The van der Waals surface area contributed by atoms with Crippen LogP contribution in [0.4, 0.5) is 0 Å². The zero-order chi connectivity index (χ0) is 28.7. The molecule has 13 heteroatoms. The van der Waals surface area contributed by atoms with Gasteiger partial charge < -0.3 is 59.8 Å². The number of hydrogen-bond donors (Lipinski definition) is 8. The Balaban J connectivity index is 2.83. The van der Waals surface area contributed by atoms with Gasteiger partial charge in [0.2, 0.25) is 0 Å². The van der Waals surface area contributed by atoms with Crippen LogP contribution >= 0.6 is 0 Å². The molecule has 0 aromatic rings. The number of carbonyl (C=O) groups excluding carboxylic acids is 1. The van der Waals surface area contributed by atoms with Crippen molar-refractivity contribution in [3.8, 4) is 0 Å². The first kappa shape index (κ1) is 34.5. The minimum Gasteiger partial charge on any atom is -0.457 e. The predicted molar refractivity (Wildman–Crippen MR) is 132 cm³/mol. The molecule has 10 unspecified atom stereocenters. The monoisotopic (exact) mass is 552 g/mol. The van der Waals surface area contributed by atoms with Gasteiger partial charge in [-0.2, -0.15) is 0 Å². The molecule has 1 fully saturated rings. The van der Waals surface area contributed by atoms with E-state index in [2.05, 4.69) is 0 Å². The third-order valence-electron chi connectivity index (χ3n) is 5.77. The molecular weight excluding hydrogens is 508 g/mol. The Bertz CT molecular complexity index is 699. The van der Waals surface area contributed by atoms with Crippen molar-refractivity contribution in [2.24, 2.45) is 5.92 Å². The summed E-state index contributed by atoms with van der Waals surface area (Å²) >= 11 is 0. The van der Waals surface area contributed by atoms with Crippen molar-refractivity contribution < 1.29 is 64.6 Å². The number of aliphatic hydroxyl groups excluding tert-OH is 8. The molecule has 0 aromatic heterocycles. The van der Waals surface area contributed by atoms with Crippen molar-refractivity contribution in [1.82, 2.24) is 0 Å². The fourth-order valence-corrected chi connectivity index (χ4v) is 3.69. The maximum Gasteiger partial charge on any atom is 0.306 e. The van der Waals surface area contributed by atoms with Crippen molar-refractivity contribution in [3.05, 3.63) is 24.3 Å². The maximum absolute atomic E-state index is 12.2. The second-order valence-electron chi connectivity index (χ2n) is 9.26. The van der Waals surface area contributed by atoms with Gasteiger partial charge in [0.1, 0.15) is 18.3 Å². The van der Waals surface area contributed by atoms with Crippen molar-refractivity contribution in [2.45, 2.75) is 94.8 Å². The Labute approximate surface area is 222 Å². The summed E-state index contributed by atoms with van der Waals surface area (Å²) in [6.07, 6.45) is -5.18. The lowest BCUT2D eigenvalue weighted by Gasteiger charge is -2.42. The molecule has 0 bridgehead atoms. The molecule has 0 amide bonds. The Morgan fingerprint density at radius 1 is 0.868 bits per heavy atom. The predicted octanol–water partition coefficient (Wildman–Crippen LogP) is -1.91. The van der Waals surface area contributed by atoms with Crippen LogP contribution in [0.5, 0.6) is 0 Å². The fourth-order valence-electron chi connectivity index (χ4n) is 3.69. The van der Waals surface area contributed by atoms with E-state index in [4.69, 9.17) is 29.2 Å². The summed E-state index contributed by atoms with van der Waals surface area (Å²) in [6.45, 7) is 1.96. The molecule has 1 aliphatic rings. The maximum atomic E-state index is 12.2. The summed E-state index contributed by atoms with van der Waals surface area (Å²) < 4.78 is 21.9. The van der Waals surface area contributed by atoms with Crippen LogP contribution in [0.25, 0.3) is 0 Å². The third-order valence-corrected chi connectivity index (χ3v) is 5.77. The summed E-state index contributed by atoms with van der Waals surface area (Å²) in [5.74, 6) is -0.872. The van der Waals surface area contributed by atoms with E-state index in [1.54, 1.807) is 6.92 Å². The first-order valence-corrected chi connectivity index (χ1v) is 12.7. The van der Waals surface area contributed by atoms with Crippen LogP contribution in [0.15, 0.2) is 24.3 Å². The highest BCUT2D eigenvalue weighted by molar-refractivity contribution is 5.70. The van der Waals surface area contributed by atoms with Crippen LogP contribution in [0.2, 0.25) is 0 Å². The molecule has 8 N–H and O–H groups in total. The lowest BCUT2D eigenvalue weighted by molar-refractivity contribution is -0.310. The second-order valence-corrected chi connectivity index (χ2v) is 9.26. The average Bonchev–Trinajstić information content (AvgIpc) is 2.85. The first-order chi connectivity index (χ1) is 18.1. The van der Waals surface area contributed by atoms with Gasteiger partial charge in [0, 0.05) is 39.1 Å². The molecule has 1 saturated heterocycles. The van der Waals surface area contributed by atoms with Crippen molar-refractivity contribution in [1.29, 1.82) is 0 Å². The van der Waals surface area contributed by atoms with Crippen LogP contribution < -0.4 is 0 Å². The summed E-state index contributed by atoms with van der Waals surface area (Å²) in [4.78, 5) is 12.2. The van der Waals surface area contributed by atoms with Gasteiger partial charge in [-0.1, -0.05) is 25.2 Å². The molecular formula is C25H44O13. The van der Waals surface area contributed by atoms with Crippen LogP contribution in [0.3, 0.4) is 0 Å². The van der Waals surface area contributed by atoms with E-state index in [0.29, 0.717) is 6.42 Å². The zero-order valence-electron chi connectivity index (χ0n) is 21.9. The molecule has 0 aliphatic carbocycles. The van der Waals surface area contributed by atoms with Gasteiger partial charge in [-0.05, 0) is 25.3 Å². The third kappa shape index (κ3) is 12.6. The average molecular weight is 553 g/mol. The van der Waals surface area contributed by atoms with Gasteiger partial charge in [-0.15, -0.1) is 0 Å². The molecule has 38 heavy (non-hydrogen) atoms. The van der Waals surface area contributed by atoms with E-state index in [-0.39, 0.29) is 45.0 Å². The molecule has 0 spiro atoms. The quantitative estimate of drug-likeness (QED) is 0.0530. The molecule has 0 aromatic carbocycles. The Hall–Kier alpha value is -1.49. The van der Waals surface area contributed by atoms with E-state index in [0.717, 1.165) is 0 Å². The van der Waals surface area contributed by atoms with Crippen molar-refractivity contribution >= 4 is 5.97 Å². The molecule has 1 rings (SSSR count). The van der Waals surface area contributed by atoms with Gasteiger partial charge in [-0.3, -0.25) is 4.79 Å². The Morgan fingerprint density at radius 2 is 1.47 bits per heavy atom. The summed E-state index contributed by atoms with van der Waals surface area (Å²) in [7, 11) is 0. The second kappa shape index (κ2) is 18.7. The van der Waals surface area contributed by atoms with E-state index < -0.39 is 67.9 Å². The fraction of sp³-hybridized carbons (Fsp3) is 0.800. The molecule has 0 radical (unpaired) electrons. The van der Waals surface area contributed by atoms with Gasteiger partial charge in [0.25, 0.3) is 0 Å². The van der Waals surface area contributed by atoms with Crippen LogP contribution in [0, 0.1) is 5.92 Å². The molecule has 1 aliphatic heterocycles. The van der Waals surface area contributed by atoms with E-state index in [1.165, 1.54) is 31.2 Å². The zero-order valence-corrected chi connectivity index (χ0v) is 21.9. The van der Waals surface area contributed by atoms with Gasteiger partial charge in [0.05, 0.1) is 24.9 Å². The standard InChI is InChI=1S/C25H44O13/c1-15(7-10-26)13-21(32)38-24-19(14-29)37-25(23(34)22(24)33)36-18(9-12-28)5-6-20(31)35-17(8-11-27)4-3-16(2)30/h3-6,15-20,22-31,33-34H,7-14H2,1-2H3. The summed E-state index contributed by atoms with van der Waals surface area (Å²) in [5.41, 5.74) is 0.